The van der Waals surface area contributed by atoms with Crippen molar-refractivity contribution in [2.45, 2.75) is 0 Å². The van der Waals surface area contributed by atoms with Crippen LogP contribution < -0.4 is 20.5 Å². The number of carbonyl (C=O) groups excluding carboxylic acids is 1. The molecule has 0 aromatic heterocycles. The van der Waals surface area contributed by atoms with Gasteiger partial charge in [0.25, 0.3) is 0 Å². The van der Waals surface area contributed by atoms with Crippen LogP contribution in [0.3, 0.4) is 0 Å². The molecule has 1 aromatic carbocycles. The number of rotatable bonds is 3. The Hall–Kier alpha value is -2.19. The second-order valence-corrected chi connectivity index (χ2v) is 3.89. The smallest absolute Gasteiger partial charge is 0.328 e. The molecule has 1 aliphatic rings. The quantitative estimate of drug-likeness (QED) is 0.841. The van der Waals surface area contributed by atoms with Crippen molar-refractivity contribution in [1.29, 1.82) is 0 Å². The Balaban J connectivity index is 0.00000200. The molecule has 0 radical (unpaired) electrons. The van der Waals surface area contributed by atoms with Gasteiger partial charge in [-0.05, 0) is 12.1 Å². The summed E-state index contributed by atoms with van der Waals surface area (Å²) in [6.45, 7) is 1.02. The van der Waals surface area contributed by atoms with Crippen LogP contribution >= 0.6 is 12.4 Å². The topological polar surface area (TPSA) is 121 Å². The number of nitrogens with one attached hydrogen (secondary N) is 1. The van der Waals surface area contributed by atoms with Gasteiger partial charge in [0, 0.05) is 11.8 Å². The summed E-state index contributed by atoms with van der Waals surface area (Å²) in [5.74, 6) is 1.38. The maximum atomic E-state index is 12.0. The average molecular weight is 319 g/mol. The van der Waals surface area contributed by atoms with Crippen molar-refractivity contribution in [1.82, 2.24) is 4.90 Å². The monoisotopic (exact) mass is 318 g/mol. The molecule has 0 atom stereocenters. The largest absolute Gasteiger partial charge is 0.493 e. The number of nitrogens with zero attached hydrogens (tertiary/aromatic N) is 2. The van der Waals surface area contributed by atoms with Crippen LogP contribution in [0, 0.1) is 0 Å². The number of anilines is 1. The van der Waals surface area contributed by atoms with Crippen LogP contribution in [-0.4, -0.2) is 49.7 Å². The molecular formula is C12H19ClN4O4. The summed E-state index contributed by atoms with van der Waals surface area (Å²) in [5, 5.41) is 2.73. The van der Waals surface area contributed by atoms with Crippen molar-refractivity contribution in [3.63, 3.8) is 0 Å². The predicted molar refractivity (Wildman–Crippen MR) is 82.6 cm³/mol. The van der Waals surface area contributed by atoms with E-state index in [0.29, 0.717) is 30.3 Å². The number of halogens is 1. The normalized spacial score (nSPS) is 12.7. The molecule has 0 bridgehead atoms. The van der Waals surface area contributed by atoms with Crippen LogP contribution in [-0.2, 0) is 0 Å². The molecule has 5 N–H and O–H groups in total. The highest BCUT2D eigenvalue weighted by atomic mass is 35.5. The Morgan fingerprint density at radius 2 is 2.00 bits per heavy atom. The van der Waals surface area contributed by atoms with Crippen LogP contribution in [0.5, 0.6) is 11.5 Å². The van der Waals surface area contributed by atoms with Crippen LogP contribution in [0.1, 0.15) is 0 Å². The molecule has 9 heteroatoms. The van der Waals surface area contributed by atoms with Gasteiger partial charge >= 0.3 is 6.03 Å². The molecule has 1 aliphatic heterocycles. The van der Waals surface area contributed by atoms with Crippen molar-refractivity contribution in [3.05, 3.63) is 18.2 Å². The van der Waals surface area contributed by atoms with Gasteiger partial charge in [0.1, 0.15) is 0 Å². The minimum absolute atomic E-state index is 0. The molecular weight excluding hydrogens is 300 g/mol. The van der Waals surface area contributed by atoms with Crippen molar-refractivity contribution >= 4 is 30.1 Å². The summed E-state index contributed by atoms with van der Waals surface area (Å²) >= 11 is 0. The van der Waals surface area contributed by atoms with Gasteiger partial charge in [-0.15, -0.1) is 12.4 Å². The molecule has 118 valence electrons. The van der Waals surface area contributed by atoms with E-state index in [9.17, 15) is 4.79 Å². The zero-order valence-electron chi connectivity index (χ0n) is 11.8. The minimum atomic E-state index is -0.314. The van der Waals surface area contributed by atoms with Crippen LogP contribution in [0.2, 0.25) is 0 Å². The van der Waals surface area contributed by atoms with Crippen LogP contribution in [0.15, 0.2) is 23.2 Å². The first-order valence-electron chi connectivity index (χ1n) is 5.76. The van der Waals surface area contributed by atoms with Crippen molar-refractivity contribution in [2.24, 2.45) is 10.7 Å². The number of ether oxygens (including phenoxy) is 2. The third kappa shape index (κ3) is 4.14. The lowest BCUT2D eigenvalue weighted by atomic mass is 10.3. The molecule has 0 saturated carbocycles. The molecule has 2 rings (SSSR count). The fourth-order valence-electron chi connectivity index (χ4n) is 1.77. The van der Waals surface area contributed by atoms with Gasteiger partial charge in [-0.25, -0.2) is 4.79 Å². The second kappa shape index (κ2) is 8.18. The fourth-order valence-corrected chi connectivity index (χ4v) is 1.77. The number of hydrogen-bond acceptors (Lipinski definition) is 5. The SMILES string of the molecule is COc1ccc(NC(=O)N2CCN=C2N)cc1OC.Cl.O. The summed E-state index contributed by atoms with van der Waals surface area (Å²) < 4.78 is 10.3. The van der Waals surface area contributed by atoms with E-state index in [1.807, 2.05) is 0 Å². The molecule has 0 spiro atoms. The summed E-state index contributed by atoms with van der Waals surface area (Å²) in [5.41, 5.74) is 6.21. The molecule has 0 aliphatic carbocycles. The van der Waals surface area contributed by atoms with Gasteiger partial charge in [-0.2, -0.15) is 0 Å². The highest BCUT2D eigenvalue weighted by molar-refractivity contribution is 6.02. The van der Waals surface area contributed by atoms with Crippen LogP contribution in [0.25, 0.3) is 0 Å². The van der Waals surface area contributed by atoms with Gasteiger partial charge in [0.2, 0.25) is 0 Å². The number of urea groups is 1. The summed E-state index contributed by atoms with van der Waals surface area (Å²) in [7, 11) is 3.09. The maximum absolute atomic E-state index is 12.0. The highest BCUT2D eigenvalue weighted by Gasteiger charge is 2.21. The number of guanidine groups is 1. The number of hydrogen-bond donors (Lipinski definition) is 2. The first-order valence-corrected chi connectivity index (χ1v) is 5.76. The molecule has 1 aromatic rings. The Labute approximate surface area is 128 Å². The molecule has 1 heterocycles. The summed E-state index contributed by atoms with van der Waals surface area (Å²) in [4.78, 5) is 17.3. The summed E-state index contributed by atoms with van der Waals surface area (Å²) in [6.07, 6.45) is 0. The Kier molecular flexibility index (Phi) is 7.32. The van der Waals surface area contributed by atoms with E-state index in [0.717, 1.165) is 0 Å². The van der Waals surface area contributed by atoms with Crippen molar-refractivity contribution in [2.75, 3.05) is 32.6 Å². The lowest BCUT2D eigenvalue weighted by Gasteiger charge is -2.17. The zero-order valence-corrected chi connectivity index (χ0v) is 12.6. The maximum Gasteiger partial charge on any atom is 0.328 e. The lowest BCUT2D eigenvalue weighted by molar-refractivity contribution is 0.236. The molecule has 8 nitrogen and oxygen atoms in total. The first kappa shape index (κ1) is 18.8. The van der Waals surface area contributed by atoms with Gasteiger partial charge in [-0.3, -0.25) is 9.89 Å². The minimum Gasteiger partial charge on any atom is -0.493 e. The first-order chi connectivity index (χ1) is 9.15. The van der Waals surface area contributed by atoms with Crippen LogP contribution in [0.4, 0.5) is 10.5 Å². The highest BCUT2D eigenvalue weighted by Crippen LogP contribution is 2.29. The predicted octanol–water partition coefficient (Wildman–Crippen LogP) is 0.463. The number of benzene rings is 1. The number of methoxy groups -OCH3 is 2. The van der Waals surface area contributed by atoms with E-state index in [2.05, 4.69) is 10.3 Å². The van der Waals surface area contributed by atoms with E-state index in [4.69, 9.17) is 15.2 Å². The average Bonchev–Trinajstić information content (AvgIpc) is 2.85. The third-order valence-electron chi connectivity index (χ3n) is 2.75. The van der Waals surface area contributed by atoms with Gasteiger partial charge in [0.15, 0.2) is 17.5 Å². The Morgan fingerprint density at radius 3 is 2.52 bits per heavy atom. The second-order valence-electron chi connectivity index (χ2n) is 3.89. The van der Waals surface area contributed by atoms with Gasteiger partial charge < -0.3 is 26.0 Å². The van der Waals surface area contributed by atoms with Crippen molar-refractivity contribution in [3.8, 4) is 11.5 Å². The number of nitrogens with two attached hydrogens (primary N) is 1. The van der Waals surface area contributed by atoms with E-state index in [1.165, 1.54) is 12.0 Å². The van der Waals surface area contributed by atoms with Gasteiger partial charge in [0.05, 0.1) is 27.3 Å². The number of carbonyl (C=O) groups is 1. The van der Waals surface area contributed by atoms with E-state index in [-0.39, 0.29) is 29.9 Å². The standard InChI is InChI=1S/C12H16N4O3.ClH.H2O/c1-18-9-4-3-8(7-10(9)19-2)15-12(17)16-6-5-14-11(16)13;;/h3-4,7H,5-6H2,1-2H3,(H2,13,14)(H,15,17);1H;1H2. The Morgan fingerprint density at radius 1 is 1.33 bits per heavy atom. The molecule has 21 heavy (non-hydrogen) atoms. The van der Waals surface area contributed by atoms with E-state index >= 15 is 0 Å². The number of aliphatic imine (C=N–C) groups is 1. The lowest BCUT2D eigenvalue weighted by Crippen LogP contribution is -2.41. The summed E-state index contributed by atoms with van der Waals surface area (Å²) in [6, 6.07) is 4.81. The Bertz CT molecular complexity index is 524. The molecule has 0 saturated heterocycles. The molecule has 0 unspecified atom stereocenters. The molecule has 2 amide bonds. The fraction of sp³-hybridized carbons (Fsp3) is 0.333. The third-order valence-corrected chi connectivity index (χ3v) is 2.75. The zero-order chi connectivity index (χ0) is 13.8. The van der Waals surface area contributed by atoms with Crippen molar-refractivity contribution < 1.29 is 19.7 Å². The van der Waals surface area contributed by atoms with E-state index < -0.39 is 0 Å². The van der Waals surface area contributed by atoms with Gasteiger partial charge in [-0.1, -0.05) is 0 Å². The number of amides is 2. The molecule has 0 fully saturated rings. The van der Waals surface area contributed by atoms with E-state index in [1.54, 1.807) is 25.3 Å².